The van der Waals surface area contributed by atoms with Gasteiger partial charge in [0.1, 0.15) is 0 Å². The lowest BCUT2D eigenvalue weighted by atomic mass is 10.3. The van der Waals surface area contributed by atoms with Crippen LogP contribution in [0.1, 0.15) is 0 Å². The zero-order chi connectivity index (χ0) is 7.84. The van der Waals surface area contributed by atoms with Crippen molar-refractivity contribution < 1.29 is 0 Å². The molecule has 1 aromatic rings. The molecule has 0 saturated carbocycles. The van der Waals surface area contributed by atoms with Crippen LogP contribution in [0, 0.1) is 0 Å². The molecule has 1 atom stereocenters. The maximum Gasteiger partial charge on any atom is 0.0541 e. The summed E-state index contributed by atoms with van der Waals surface area (Å²) in [5, 5.41) is 0. The van der Waals surface area contributed by atoms with Crippen molar-refractivity contribution in [1.29, 1.82) is 0 Å². The van der Waals surface area contributed by atoms with E-state index in [-0.39, 0.29) is 0 Å². The number of nitrogens with zero attached hydrogens (tertiary/aromatic N) is 1. The number of hydrogen-bond acceptors (Lipinski definition) is 1. The van der Waals surface area contributed by atoms with Crippen molar-refractivity contribution in [3.63, 3.8) is 0 Å². The second kappa shape index (κ2) is 2.38. The number of para-hydroxylation sites is 1. The van der Waals surface area contributed by atoms with E-state index in [0.717, 1.165) is 0 Å². The molecule has 1 heterocycles. The van der Waals surface area contributed by atoms with Crippen molar-refractivity contribution in [2.75, 3.05) is 18.2 Å². The molecule has 2 heteroatoms. The molecule has 1 unspecified atom stereocenters. The fourth-order valence-electron chi connectivity index (χ4n) is 1.37. The summed E-state index contributed by atoms with van der Waals surface area (Å²) in [6.45, 7) is 0. The Balaban J connectivity index is 2.62. The van der Waals surface area contributed by atoms with Gasteiger partial charge < -0.3 is 4.90 Å². The molecule has 0 N–H and O–H groups in total. The first-order valence-corrected chi connectivity index (χ1v) is 5.30. The average Bonchev–Trinajstić information content (AvgIpc) is 2.30. The zero-order valence-electron chi connectivity index (χ0n) is 6.74. The molecule has 1 aliphatic rings. The summed E-state index contributed by atoms with van der Waals surface area (Å²) in [5.41, 5.74) is 3.63. The van der Waals surface area contributed by atoms with Gasteiger partial charge in [-0.1, -0.05) is 12.1 Å². The monoisotopic (exact) mass is 165 g/mol. The normalized spacial score (nSPS) is 21.3. The Hall–Kier alpha value is -0.760. The van der Waals surface area contributed by atoms with Crippen molar-refractivity contribution in [2.24, 2.45) is 0 Å². The molecule has 0 amide bonds. The number of anilines is 1. The second-order valence-electron chi connectivity index (χ2n) is 2.74. The first-order valence-electron chi connectivity index (χ1n) is 3.60. The van der Waals surface area contributed by atoms with E-state index in [4.69, 9.17) is 0 Å². The molecule has 1 nitrogen and oxygen atoms in total. The van der Waals surface area contributed by atoms with Gasteiger partial charge in [0.2, 0.25) is 0 Å². The topological polar surface area (TPSA) is 3.24 Å². The summed E-state index contributed by atoms with van der Waals surface area (Å²) < 4.78 is 0. The van der Waals surface area contributed by atoms with Crippen LogP contribution in [0.25, 0.3) is 0 Å². The largest absolute Gasteiger partial charge is 0.345 e. The molecule has 0 aliphatic carbocycles. The molecule has 58 valence electrons. The van der Waals surface area contributed by atoms with Gasteiger partial charge in [-0.05, 0) is 18.4 Å². The van der Waals surface area contributed by atoms with Crippen LogP contribution in [0.2, 0.25) is 0 Å². The quantitative estimate of drug-likeness (QED) is 0.532. The highest BCUT2D eigenvalue weighted by molar-refractivity contribution is 8.15. The smallest absolute Gasteiger partial charge is 0.0541 e. The van der Waals surface area contributed by atoms with Crippen LogP contribution in [0.4, 0.5) is 5.69 Å². The fraction of sp³-hybridized carbons (Fsp3) is 0.222. The lowest BCUT2D eigenvalue weighted by Gasteiger charge is -2.08. The van der Waals surface area contributed by atoms with Crippen molar-refractivity contribution in [3.8, 4) is 0 Å². The number of benzene rings is 1. The molecular formula is C9H11NS. The van der Waals surface area contributed by atoms with Crippen molar-refractivity contribution in [2.45, 2.75) is 4.90 Å². The molecule has 0 fully saturated rings. The minimum Gasteiger partial charge on any atom is -0.345 e. The van der Waals surface area contributed by atoms with E-state index >= 15 is 0 Å². The third-order valence-electron chi connectivity index (χ3n) is 1.91. The van der Waals surface area contributed by atoms with Gasteiger partial charge in [-0.25, -0.2) is 0 Å². The Kier molecular flexibility index (Phi) is 1.50. The van der Waals surface area contributed by atoms with Crippen molar-refractivity contribution in [1.82, 2.24) is 0 Å². The predicted molar refractivity (Wildman–Crippen MR) is 52.7 cm³/mol. The molecule has 2 rings (SSSR count). The van der Waals surface area contributed by atoms with E-state index in [9.17, 15) is 0 Å². The second-order valence-corrected chi connectivity index (χ2v) is 4.51. The lowest BCUT2D eigenvalue weighted by Crippen LogP contribution is -2.09. The van der Waals surface area contributed by atoms with Crippen LogP contribution >= 0.6 is 10.5 Å². The third-order valence-corrected chi connectivity index (χ3v) is 3.58. The van der Waals surface area contributed by atoms with Crippen LogP contribution in [-0.2, 0) is 0 Å². The zero-order valence-corrected chi connectivity index (χ0v) is 7.56. The summed E-state index contributed by atoms with van der Waals surface area (Å²) >= 11 is 0. The van der Waals surface area contributed by atoms with E-state index in [0.29, 0.717) is 10.5 Å². The Labute approximate surface area is 69.6 Å². The number of fused-ring (bicyclic) bond motifs is 1. The highest BCUT2D eigenvalue weighted by Crippen LogP contribution is 2.37. The van der Waals surface area contributed by atoms with Crippen LogP contribution in [0.5, 0.6) is 0 Å². The fourth-order valence-corrected chi connectivity index (χ4v) is 2.91. The summed E-state index contributed by atoms with van der Waals surface area (Å²) in [6.07, 6.45) is 2.25. The van der Waals surface area contributed by atoms with Gasteiger partial charge >= 0.3 is 0 Å². The number of rotatable bonds is 0. The highest BCUT2D eigenvalue weighted by Gasteiger charge is 2.12. The predicted octanol–water partition coefficient (Wildman–Crippen LogP) is 2.15. The molecule has 0 spiro atoms. The average molecular weight is 165 g/mol. The van der Waals surface area contributed by atoms with Crippen molar-refractivity contribution in [3.05, 3.63) is 24.3 Å². The number of hydrogen-bond donors (Lipinski definition) is 0. The summed E-state index contributed by atoms with van der Waals surface area (Å²) in [6, 6.07) is 8.57. The van der Waals surface area contributed by atoms with Crippen molar-refractivity contribution >= 4 is 21.7 Å². The molecule has 11 heavy (non-hydrogen) atoms. The Morgan fingerprint density at radius 2 is 2.00 bits per heavy atom. The third kappa shape index (κ3) is 0.979. The van der Waals surface area contributed by atoms with Gasteiger partial charge in [0.05, 0.1) is 5.69 Å². The van der Waals surface area contributed by atoms with Crippen LogP contribution in [-0.4, -0.2) is 18.8 Å². The molecule has 0 saturated heterocycles. The summed E-state index contributed by atoms with van der Waals surface area (Å²) in [4.78, 5) is 3.67. The van der Waals surface area contributed by atoms with Gasteiger partial charge in [-0.15, -0.1) is 10.5 Å². The SMILES string of the molecule is CN1C=S(C)c2ccccc21. The van der Waals surface area contributed by atoms with E-state index in [1.165, 1.54) is 10.6 Å². The van der Waals surface area contributed by atoms with Crippen LogP contribution < -0.4 is 4.90 Å². The minimum absolute atomic E-state index is 0.323. The van der Waals surface area contributed by atoms with Crippen LogP contribution in [0.15, 0.2) is 29.2 Å². The molecule has 0 bridgehead atoms. The molecule has 0 aromatic heterocycles. The minimum atomic E-state index is 0.323. The van der Waals surface area contributed by atoms with E-state index in [1.54, 1.807) is 0 Å². The Morgan fingerprint density at radius 1 is 1.27 bits per heavy atom. The maximum absolute atomic E-state index is 2.27. The Morgan fingerprint density at radius 3 is 2.73 bits per heavy atom. The first-order chi connectivity index (χ1) is 5.29. The van der Waals surface area contributed by atoms with Gasteiger partial charge in [-0.2, -0.15) is 0 Å². The van der Waals surface area contributed by atoms with Gasteiger partial charge in [-0.3, -0.25) is 0 Å². The van der Waals surface area contributed by atoms with E-state index in [1.807, 2.05) is 0 Å². The molecule has 0 radical (unpaired) electrons. The molecule has 1 aromatic carbocycles. The molecular weight excluding hydrogens is 154 g/mol. The lowest BCUT2D eigenvalue weighted by molar-refractivity contribution is 1.27. The van der Waals surface area contributed by atoms with Crippen LogP contribution in [0.3, 0.4) is 0 Å². The molecule has 1 aliphatic heterocycles. The summed E-state index contributed by atoms with van der Waals surface area (Å²) in [7, 11) is 2.43. The summed E-state index contributed by atoms with van der Waals surface area (Å²) in [5.74, 6) is 0. The van der Waals surface area contributed by atoms with E-state index in [2.05, 4.69) is 48.0 Å². The first kappa shape index (κ1) is 6.92. The van der Waals surface area contributed by atoms with E-state index < -0.39 is 0 Å². The van der Waals surface area contributed by atoms with Gasteiger partial charge in [0.15, 0.2) is 0 Å². The standard InChI is InChI=1S/C9H11NS/c1-10-7-11(2)9-6-4-3-5-8(9)10/h3-7H,1-2H3. The highest BCUT2D eigenvalue weighted by atomic mass is 32.2. The van der Waals surface area contributed by atoms with Gasteiger partial charge in [0, 0.05) is 17.4 Å². The maximum atomic E-state index is 2.27. The Bertz CT molecular complexity index is 317. The van der Waals surface area contributed by atoms with Gasteiger partial charge in [0.25, 0.3) is 0 Å².